The van der Waals surface area contributed by atoms with Crippen molar-refractivity contribution in [1.29, 1.82) is 0 Å². The van der Waals surface area contributed by atoms with Gasteiger partial charge in [-0.15, -0.1) is 0 Å². The van der Waals surface area contributed by atoms with Gasteiger partial charge in [0.1, 0.15) is 6.04 Å². The van der Waals surface area contributed by atoms with E-state index in [1.807, 2.05) is 13.8 Å². The first-order chi connectivity index (χ1) is 14.1. The third-order valence-electron chi connectivity index (χ3n) is 4.71. The van der Waals surface area contributed by atoms with E-state index in [2.05, 4.69) is 10.1 Å². The number of methoxy groups -OCH3 is 1. The normalized spacial score (nSPS) is 16.2. The average Bonchev–Trinajstić information content (AvgIpc) is 2.72. The molecule has 11 nitrogen and oxygen atoms in total. The molecule has 1 heterocycles. The van der Waals surface area contributed by atoms with Crippen molar-refractivity contribution in [2.24, 2.45) is 5.92 Å². The molecule has 2 amide bonds. The van der Waals surface area contributed by atoms with Gasteiger partial charge < -0.3 is 15.0 Å². The summed E-state index contributed by atoms with van der Waals surface area (Å²) in [6.07, 6.45) is -0.311. The highest BCUT2D eigenvalue weighted by molar-refractivity contribution is 7.89. The van der Waals surface area contributed by atoms with Crippen molar-refractivity contribution in [3.05, 3.63) is 34.4 Å². The zero-order valence-electron chi connectivity index (χ0n) is 17.1. The van der Waals surface area contributed by atoms with Crippen molar-refractivity contribution in [2.45, 2.75) is 31.2 Å². The average molecular weight is 442 g/mol. The summed E-state index contributed by atoms with van der Waals surface area (Å²) in [5, 5.41) is 13.7. The molecule has 1 aliphatic rings. The van der Waals surface area contributed by atoms with Crippen LogP contribution in [0.4, 0.5) is 10.5 Å². The molecule has 0 aromatic heterocycles. The first-order valence-corrected chi connectivity index (χ1v) is 10.9. The number of ether oxygens (including phenoxy) is 1. The molecule has 30 heavy (non-hydrogen) atoms. The van der Waals surface area contributed by atoms with Crippen LogP contribution in [0, 0.1) is 16.0 Å². The number of nitrogens with zero attached hydrogens (tertiary/aromatic N) is 3. The Bertz CT molecular complexity index is 896. The lowest BCUT2D eigenvalue weighted by molar-refractivity contribution is -0.387. The fourth-order valence-electron chi connectivity index (χ4n) is 3.23. The molecule has 166 valence electrons. The van der Waals surface area contributed by atoms with Crippen molar-refractivity contribution in [1.82, 2.24) is 14.5 Å². The highest BCUT2D eigenvalue weighted by Crippen LogP contribution is 2.27. The van der Waals surface area contributed by atoms with Crippen LogP contribution in [0.2, 0.25) is 0 Å². The van der Waals surface area contributed by atoms with E-state index in [-0.39, 0.29) is 42.9 Å². The summed E-state index contributed by atoms with van der Waals surface area (Å²) >= 11 is 0. The third-order valence-corrected chi connectivity index (χ3v) is 6.66. The van der Waals surface area contributed by atoms with E-state index in [0.29, 0.717) is 6.42 Å². The lowest BCUT2D eigenvalue weighted by Gasteiger charge is -2.36. The van der Waals surface area contributed by atoms with Gasteiger partial charge in [-0.2, -0.15) is 4.31 Å². The summed E-state index contributed by atoms with van der Waals surface area (Å²) in [6.45, 7) is 4.03. The number of benzene rings is 1. The van der Waals surface area contributed by atoms with E-state index >= 15 is 0 Å². The van der Waals surface area contributed by atoms with Gasteiger partial charge in [0.2, 0.25) is 15.9 Å². The van der Waals surface area contributed by atoms with Crippen LogP contribution in [-0.4, -0.2) is 73.9 Å². The van der Waals surface area contributed by atoms with Gasteiger partial charge in [-0.05, 0) is 18.4 Å². The molecule has 0 bridgehead atoms. The largest absolute Gasteiger partial charge is 0.453 e. The van der Waals surface area contributed by atoms with Gasteiger partial charge >= 0.3 is 6.09 Å². The third kappa shape index (κ3) is 5.45. The molecule has 0 saturated carbocycles. The van der Waals surface area contributed by atoms with E-state index in [0.717, 1.165) is 10.4 Å². The van der Waals surface area contributed by atoms with Crippen molar-refractivity contribution >= 4 is 27.7 Å². The Morgan fingerprint density at radius 3 is 2.33 bits per heavy atom. The molecule has 0 radical (unpaired) electrons. The monoisotopic (exact) mass is 442 g/mol. The maximum atomic E-state index is 12.9. The fraction of sp³-hybridized carbons (Fsp3) is 0.556. The van der Waals surface area contributed by atoms with Gasteiger partial charge in [0, 0.05) is 32.2 Å². The van der Waals surface area contributed by atoms with Gasteiger partial charge in [0.25, 0.3) is 5.69 Å². The van der Waals surface area contributed by atoms with Crippen molar-refractivity contribution in [3.63, 3.8) is 0 Å². The lowest BCUT2D eigenvalue weighted by atomic mass is 10.0. The van der Waals surface area contributed by atoms with E-state index in [4.69, 9.17) is 0 Å². The second kappa shape index (κ2) is 9.85. The van der Waals surface area contributed by atoms with Crippen LogP contribution >= 0.6 is 0 Å². The molecule has 1 aromatic carbocycles. The lowest BCUT2D eigenvalue weighted by Crippen LogP contribution is -2.56. The predicted octanol–water partition coefficient (Wildman–Crippen LogP) is 1.20. The summed E-state index contributed by atoms with van der Waals surface area (Å²) in [6, 6.07) is 4.38. The second-order valence-electron chi connectivity index (χ2n) is 7.27. The summed E-state index contributed by atoms with van der Waals surface area (Å²) in [4.78, 5) is 36.0. The van der Waals surface area contributed by atoms with E-state index in [1.165, 1.54) is 30.2 Å². The minimum atomic E-state index is -4.09. The Morgan fingerprint density at radius 1 is 1.20 bits per heavy atom. The van der Waals surface area contributed by atoms with E-state index in [9.17, 15) is 28.1 Å². The molecule has 0 spiro atoms. The first-order valence-electron chi connectivity index (χ1n) is 9.44. The molecule has 1 fully saturated rings. The van der Waals surface area contributed by atoms with Crippen molar-refractivity contribution in [3.8, 4) is 0 Å². The molecule has 1 saturated heterocycles. The Morgan fingerprint density at radius 2 is 1.80 bits per heavy atom. The molecule has 0 aliphatic carbocycles. The molecule has 1 N–H and O–H groups in total. The number of carbonyl (C=O) groups excluding carboxylic acids is 2. The molecule has 2 rings (SSSR count). The van der Waals surface area contributed by atoms with E-state index < -0.39 is 32.8 Å². The van der Waals surface area contributed by atoms with Gasteiger partial charge in [-0.1, -0.05) is 26.0 Å². The predicted molar refractivity (Wildman–Crippen MR) is 107 cm³/mol. The molecule has 1 unspecified atom stereocenters. The van der Waals surface area contributed by atoms with Crippen LogP contribution in [0.15, 0.2) is 29.2 Å². The minimum Gasteiger partial charge on any atom is -0.453 e. The number of rotatable bonds is 7. The zero-order chi connectivity index (χ0) is 22.5. The Kier molecular flexibility index (Phi) is 7.73. The van der Waals surface area contributed by atoms with Crippen LogP contribution < -0.4 is 5.32 Å². The highest BCUT2D eigenvalue weighted by atomic mass is 32.2. The van der Waals surface area contributed by atoms with Crippen LogP contribution in [0.25, 0.3) is 0 Å². The number of carbonyl (C=O) groups is 2. The van der Waals surface area contributed by atoms with Gasteiger partial charge in [-0.25, -0.2) is 13.2 Å². The number of nitro benzene ring substituents is 1. The zero-order valence-corrected chi connectivity index (χ0v) is 17.9. The molecule has 1 aromatic rings. The number of alkyl carbamates (subject to hydrolysis) is 1. The minimum absolute atomic E-state index is 0.00720. The SMILES string of the molecule is COC(=O)NC(CC(C)C)C(=O)N1CCN(S(=O)(=O)c2ccccc2[N+](=O)[O-])CC1. The van der Waals surface area contributed by atoms with Crippen LogP contribution in [-0.2, 0) is 19.6 Å². The highest BCUT2D eigenvalue weighted by Gasteiger charge is 2.36. The number of piperazine rings is 1. The number of amides is 2. The quantitative estimate of drug-likeness (QED) is 0.494. The molecular weight excluding hydrogens is 416 g/mol. The number of sulfonamides is 1. The maximum absolute atomic E-state index is 12.9. The first kappa shape index (κ1) is 23.5. The molecule has 12 heteroatoms. The number of para-hydroxylation sites is 1. The summed E-state index contributed by atoms with van der Waals surface area (Å²) in [5.74, 6) is -0.187. The maximum Gasteiger partial charge on any atom is 0.407 e. The topological polar surface area (TPSA) is 139 Å². The summed E-state index contributed by atoms with van der Waals surface area (Å²) < 4.78 is 31.5. The summed E-state index contributed by atoms with van der Waals surface area (Å²) in [7, 11) is -2.88. The molecular formula is C18H26N4O7S. The number of nitro groups is 1. The van der Waals surface area contributed by atoms with E-state index in [1.54, 1.807) is 0 Å². The number of hydrogen-bond donors (Lipinski definition) is 1. The van der Waals surface area contributed by atoms with Gasteiger partial charge in [-0.3, -0.25) is 14.9 Å². The van der Waals surface area contributed by atoms with Crippen molar-refractivity contribution < 1.29 is 27.7 Å². The van der Waals surface area contributed by atoms with Crippen molar-refractivity contribution in [2.75, 3.05) is 33.3 Å². The molecule has 1 aliphatic heterocycles. The Hall–Kier alpha value is -2.73. The van der Waals surface area contributed by atoms with Gasteiger partial charge in [0.15, 0.2) is 4.90 Å². The van der Waals surface area contributed by atoms with Crippen LogP contribution in [0.5, 0.6) is 0 Å². The van der Waals surface area contributed by atoms with Crippen LogP contribution in [0.1, 0.15) is 20.3 Å². The standard InChI is InChI=1S/C18H26N4O7S/c1-13(2)12-14(19-18(24)29-3)17(23)20-8-10-21(11-9-20)30(27,28)16-7-5-4-6-15(16)22(25)26/h4-7,13-14H,8-12H2,1-3H3,(H,19,24). The number of nitrogens with one attached hydrogen (secondary N) is 1. The van der Waals surface area contributed by atoms with Gasteiger partial charge in [0.05, 0.1) is 12.0 Å². The molecule has 1 atom stereocenters. The summed E-state index contributed by atoms with van der Waals surface area (Å²) in [5.41, 5.74) is -0.490. The second-order valence-corrected chi connectivity index (χ2v) is 9.18. The Labute approximate surface area is 175 Å². The fourth-order valence-corrected chi connectivity index (χ4v) is 4.81. The Balaban J connectivity index is 2.12. The number of hydrogen-bond acceptors (Lipinski definition) is 7. The van der Waals surface area contributed by atoms with Crippen LogP contribution in [0.3, 0.4) is 0 Å². The smallest absolute Gasteiger partial charge is 0.407 e.